The van der Waals surface area contributed by atoms with E-state index in [2.05, 4.69) is 0 Å². The van der Waals surface area contributed by atoms with Gasteiger partial charge in [0, 0.05) is 6.42 Å². The maximum absolute atomic E-state index is 10.8. The van der Waals surface area contributed by atoms with Crippen LogP contribution in [0.25, 0.3) is 0 Å². The van der Waals surface area contributed by atoms with Crippen LogP contribution < -0.4 is 5.73 Å². The molecule has 0 aliphatic heterocycles. The van der Waals surface area contributed by atoms with Crippen molar-refractivity contribution < 1.29 is 14.3 Å². The minimum absolute atomic E-state index is 0. The monoisotopic (exact) mass is 209 g/mol. The molecule has 5 heteroatoms. The third kappa shape index (κ3) is 9.30. The van der Waals surface area contributed by atoms with Gasteiger partial charge in [-0.1, -0.05) is 6.92 Å². The van der Waals surface area contributed by atoms with Gasteiger partial charge in [-0.3, -0.25) is 9.59 Å². The van der Waals surface area contributed by atoms with Crippen molar-refractivity contribution in [3.05, 3.63) is 0 Å². The fourth-order valence-corrected chi connectivity index (χ4v) is 0.632. The molecule has 78 valence electrons. The summed E-state index contributed by atoms with van der Waals surface area (Å²) in [5, 5.41) is 0. The molecule has 0 fully saturated rings. The number of esters is 1. The summed E-state index contributed by atoms with van der Waals surface area (Å²) in [6, 6.07) is 0. The van der Waals surface area contributed by atoms with Crippen LogP contribution in [-0.4, -0.2) is 24.9 Å². The molecule has 2 N–H and O–H groups in total. The van der Waals surface area contributed by atoms with Crippen LogP contribution in [0.15, 0.2) is 0 Å². The molecule has 0 bridgehead atoms. The first-order valence-electron chi connectivity index (χ1n) is 4.08. The van der Waals surface area contributed by atoms with Crippen LogP contribution in [0.1, 0.15) is 26.2 Å². The van der Waals surface area contributed by atoms with E-state index in [1.807, 2.05) is 6.92 Å². The number of hydrogen-bond acceptors (Lipinski definition) is 4. The third-order valence-electron chi connectivity index (χ3n) is 1.30. The van der Waals surface area contributed by atoms with Gasteiger partial charge in [-0.05, 0) is 6.42 Å². The molecule has 0 amide bonds. The summed E-state index contributed by atoms with van der Waals surface area (Å²) < 4.78 is 4.75. The summed E-state index contributed by atoms with van der Waals surface area (Å²) in [4.78, 5) is 21.5. The molecule has 0 heterocycles. The van der Waals surface area contributed by atoms with Gasteiger partial charge in [0.25, 0.3) is 0 Å². The number of ketones is 1. The molecule has 0 saturated carbocycles. The Kier molecular flexibility index (Phi) is 10.9. The first-order chi connectivity index (χ1) is 5.70. The van der Waals surface area contributed by atoms with Gasteiger partial charge in [0.1, 0.15) is 5.78 Å². The first kappa shape index (κ1) is 14.9. The van der Waals surface area contributed by atoms with E-state index in [1.165, 1.54) is 0 Å². The Morgan fingerprint density at radius 1 is 1.31 bits per heavy atom. The van der Waals surface area contributed by atoms with E-state index in [-0.39, 0.29) is 43.5 Å². The van der Waals surface area contributed by atoms with Crippen molar-refractivity contribution in [2.45, 2.75) is 26.2 Å². The van der Waals surface area contributed by atoms with E-state index in [9.17, 15) is 9.59 Å². The molecular formula is C8H16ClNO3. The van der Waals surface area contributed by atoms with Crippen molar-refractivity contribution in [2.75, 3.05) is 13.2 Å². The van der Waals surface area contributed by atoms with Crippen LogP contribution in [0.3, 0.4) is 0 Å². The standard InChI is InChI=1S/C8H15NO3.ClH/c1-2-5-12-8(11)4-3-7(10)6-9;/h2-6,9H2,1H3;1H. The summed E-state index contributed by atoms with van der Waals surface area (Å²) >= 11 is 0. The zero-order valence-corrected chi connectivity index (χ0v) is 8.56. The summed E-state index contributed by atoms with van der Waals surface area (Å²) in [7, 11) is 0. The Labute approximate surface area is 84.2 Å². The zero-order chi connectivity index (χ0) is 9.40. The Bertz CT molecular complexity index is 161. The third-order valence-corrected chi connectivity index (χ3v) is 1.30. The average molecular weight is 210 g/mol. The number of rotatable bonds is 6. The first-order valence-corrected chi connectivity index (χ1v) is 4.08. The van der Waals surface area contributed by atoms with Crippen molar-refractivity contribution in [3.63, 3.8) is 0 Å². The lowest BCUT2D eigenvalue weighted by Gasteiger charge is -2.01. The number of nitrogens with two attached hydrogens (primary N) is 1. The molecule has 0 spiro atoms. The van der Waals surface area contributed by atoms with Gasteiger partial charge in [-0.15, -0.1) is 12.4 Å². The minimum atomic E-state index is -0.321. The molecule has 0 aromatic carbocycles. The topological polar surface area (TPSA) is 69.4 Å². The van der Waals surface area contributed by atoms with E-state index >= 15 is 0 Å². The highest BCUT2D eigenvalue weighted by Gasteiger charge is 2.05. The van der Waals surface area contributed by atoms with Crippen molar-refractivity contribution in [1.82, 2.24) is 0 Å². The molecule has 0 radical (unpaired) electrons. The average Bonchev–Trinajstić information content (AvgIpc) is 2.10. The molecule has 0 aromatic heterocycles. The Morgan fingerprint density at radius 3 is 2.38 bits per heavy atom. The lowest BCUT2D eigenvalue weighted by molar-refractivity contribution is -0.144. The Balaban J connectivity index is 0. The maximum atomic E-state index is 10.8. The van der Waals surface area contributed by atoms with Gasteiger partial charge in [0.2, 0.25) is 0 Å². The van der Waals surface area contributed by atoms with E-state index in [1.54, 1.807) is 0 Å². The highest BCUT2D eigenvalue weighted by molar-refractivity contribution is 5.85. The molecule has 0 saturated heterocycles. The molecule has 0 aliphatic carbocycles. The highest BCUT2D eigenvalue weighted by Crippen LogP contribution is 1.94. The smallest absolute Gasteiger partial charge is 0.306 e. The second-order valence-electron chi connectivity index (χ2n) is 2.46. The van der Waals surface area contributed by atoms with Crippen molar-refractivity contribution >= 4 is 24.2 Å². The van der Waals surface area contributed by atoms with Crippen molar-refractivity contribution in [2.24, 2.45) is 5.73 Å². The van der Waals surface area contributed by atoms with Gasteiger partial charge in [-0.2, -0.15) is 0 Å². The zero-order valence-electron chi connectivity index (χ0n) is 7.75. The molecule has 4 nitrogen and oxygen atoms in total. The Hall–Kier alpha value is -0.610. The fraction of sp³-hybridized carbons (Fsp3) is 0.750. The van der Waals surface area contributed by atoms with E-state index < -0.39 is 0 Å². The molecule has 0 aromatic rings. The number of Topliss-reactive ketones (excluding diaryl/α,β-unsaturated/α-hetero) is 1. The van der Waals surface area contributed by atoms with Gasteiger partial charge in [0.15, 0.2) is 0 Å². The summed E-state index contributed by atoms with van der Waals surface area (Å²) in [6.45, 7) is 2.34. The number of ether oxygens (including phenoxy) is 1. The number of halogens is 1. The molecule has 0 unspecified atom stereocenters. The van der Waals surface area contributed by atoms with Crippen LogP contribution in [0, 0.1) is 0 Å². The molecule has 0 aliphatic rings. The predicted octanol–water partition coefficient (Wildman–Crippen LogP) is 0.669. The summed E-state index contributed by atoms with van der Waals surface area (Å²) in [5.41, 5.74) is 5.06. The van der Waals surface area contributed by atoms with Crippen LogP contribution in [-0.2, 0) is 14.3 Å². The number of carbonyl (C=O) groups excluding carboxylic acids is 2. The van der Waals surface area contributed by atoms with Crippen LogP contribution >= 0.6 is 12.4 Å². The number of hydrogen-bond donors (Lipinski definition) is 1. The largest absolute Gasteiger partial charge is 0.466 e. The highest BCUT2D eigenvalue weighted by atomic mass is 35.5. The van der Waals surface area contributed by atoms with Crippen molar-refractivity contribution in [1.29, 1.82) is 0 Å². The Morgan fingerprint density at radius 2 is 1.92 bits per heavy atom. The van der Waals surface area contributed by atoms with Gasteiger partial charge in [0.05, 0.1) is 19.6 Å². The SMILES string of the molecule is CCCOC(=O)CCC(=O)CN.Cl. The predicted molar refractivity (Wildman–Crippen MR) is 51.8 cm³/mol. The number of carbonyl (C=O) groups is 2. The summed E-state index contributed by atoms with van der Waals surface area (Å²) in [5.74, 6) is -0.429. The van der Waals surface area contributed by atoms with Gasteiger partial charge < -0.3 is 10.5 Å². The van der Waals surface area contributed by atoms with Crippen molar-refractivity contribution in [3.8, 4) is 0 Å². The van der Waals surface area contributed by atoms with Crippen LogP contribution in [0.5, 0.6) is 0 Å². The van der Waals surface area contributed by atoms with Gasteiger partial charge in [-0.25, -0.2) is 0 Å². The normalized spacial score (nSPS) is 8.77. The molecule has 0 rings (SSSR count). The second-order valence-corrected chi connectivity index (χ2v) is 2.46. The lowest BCUT2D eigenvalue weighted by atomic mass is 10.2. The molecule has 0 atom stereocenters. The lowest BCUT2D eigenvalue weighted by Crippen LogP contribution is -2.15. The van der Waals surface area contributed by atoms with Crippen LogP contribution in [0.2, 0.25) is 0 Å². The van der Waals surface area contributed by atoms with E-state index in [0.29, 0.717) is 6.61 Å². The maximum Gasteiger partial charge on any atom is 0.306 e. The second kappa shape index (κ2) is 9.48. The minimum Gasteiger partial charge on any atom is -0.466 e. The van der Waals surface area contributed by atoms with E-state index in [0.717, 1.165) is 6.42 Å². The summed E-state index contributed by atoms with van der Waals surface area (Å²) in [6.07, 6.45) is 1.14. The fourth-order valence-electron chi connectivity index (χ4n) is 0.632. The van der Waals surface area contributed by atoms with Gasteiger partial charge >= 0.3 is 5.97 Å². The van der Waals surface area contributed by atoms with Crippen LogP contribution in [0.4, 0.5) is 0 Å². The van der Waals surface area contributed by atoms with E-state index in [4.69, 9.17) is 10.5 Å². The quantitative estimate of drug-likeness (QED) is 0.653. The molecule has 13 heavy (non-hydrogen) atoms. The molecular weight excluding hydrogens is 194 g/mol.